The van der Waals surface area contributed by atoms with Gasteiger partial charge in [0, 0.05) is 44.5 Å². The third-order valence-corrected chi connectivity index (χ3v) is 5.64. The van der Waals surface area contributed by atoms with Crippen LogP contribution in [0.2, 0.25) is 0 Å². The Labute approximate surface area is 177 Å². The summed E-state index contributed by atoms with van der Waals surface area (Å²) in [7, 11) is 3.13. The van der Waals surface area contributed by atoms with Crippen molar-refractivity contribution in [2.24, 2.45) is 0 Å². The first-order valence-corrected chi connectivity index (χ1v) is 10.5. The molecule has 30 heavy (non-hydrogen) atoms. The van der Waals surface area contributed by atoms with Crippen molar-refractivity contribution < 1.29 is 24.2 Å². The molecule has 1 aliphatic carbocycles. The first kappa shape index (κ1) is 22.3. The van der Waals surface area contributed by atoms with Crippen molar-refractivity contribution in [3.05, 3.63) is 23.4 Å². The molecule has 1 saturated carbocycles. The van der Waals surface area contributed by atoms with Crippen LogP contribution in [0, 0.1) is 0 Å². The molecule has 1 saturated heterocycles. The fourth-order valence-corrected chi connectivity index (χ4v) is 3.74. The number of carbonyl (C=O) groups is 2. The van der Waals surface area contributed by atoms with Crippen molar-refractivity contribution in [1.82, 2.24) is 20.1 Å². The van der Waals surface area contributed by atoms with Crippen molar-refractivity contribution in [2.45, 2.75) is 50.8 Å². The Kier molecular flexibility index (Phi) is 7.49. The molecule has 2 N–H and O–H groups in total. The number of nitrogens with zero attached hydrogens (tertiary/aromatic N) is 3. The van der Waals surface area contributed by atoms with Gasteiger partial charge in [0.05, 0.1) is 19.8 Å². The Morgan fingerprint density at radius 3 is 2.77 bits per heavy atom. The zero-order valence-corrected chi connectivity index (χ0v) is 18.0. The van der Waals surface area contributed by atoms with E-state index in [4.69, 9.17) is 14.6 Å². The van der Waals surface area contributed by atoms with Crippen LogP contribution in [-0.4, -0.2) is 84.4 Å². The fraction of sp³-hybridized carbons (Fsp3) is 0.667. The average molecular weight is 421 g/mol. The number of carbonyl (C=O) groups excluding carboxylic acids is 1. The van der Waals surface area contributed by atoms with Gasteiger partial charge < -0.3 is 29.7 Å². The number of carboxylic acid groups (broad SMARTS) is 1. The second-order valence-electron chi connectivity index (χ2n) is 7.96. The number of ether oxygens (including phenoxy) is 2. The van der Waals surface area contributed by atoms with Crippen molar-refractivity contribution in [1.29, 1.82) is 0 Å². The van der Waals surface area contributed by atoms with Gasteiger partial charge in [-0.3, -0.25) is 4.79 Å². The molecule has 1 aromatic rings. The lowest BCUT2D eigenvalue weighted by Crippen LogP contribution is -2.50. The maximum atomic E-state index is 13.2. The lowest BCUT2D eigenvalue weighted by atomic mass is 10.0. The van der Waals surface area contributed by atoms with Gasteiger partial charge >= 0.3 is 6.09 Å². The number of amides is 2. The molecule has 0 spiro atoms. The summed E-state index contributed by atoms with van der Waals surface area (Å²) in [5.41, 5.74) is 1.79. The largest absolute Gasteiger partial charge is 0.481 e. The van der Waals surface area contributed by atoms with Gasteiger partial charge in [0.2, 0.25) is 5.88 Å². The van der Waals surface area contributed by atoms with Crippen molar-refractivity contribution in [3.63, 3.8) is 0 Å². The number of aryl methyl sites for hydroxylation is 1. The summed E-state index contributed by atoms with van der Waals surface area (Å²) in [5.74, 6) is 0.525. The highest BCUT2D eigenvalue weighted by Gasteiger charge is 2.40. The molecule has 166 valence electrons. The van der Waals surface area contributed by atoms with E-state index in [1.165, 1.54) is 4.90 Å². The predicted octanol–water partition coefficient (Wildman–Crippen LogP) is 1.67. The molecule has 2 unspecified atom stereocenters. The van der Waals surface area contributed by atoms with Gasteiger partial charge in [-0.15, -0.1) is 0 Å². The van der Waals surface area contributed by atoms with Gasteiger partial charge in [0.25, 0.3) is 5.91 Å². The normalized spacial score (nSPS) is 19.8. The van der Waals surface area contributed by atoms with E-state index in [-0.39, 0.29) is 18.0 Å². The highest BCUT2D eigenvalue weighted by atomic mass is 16.5. The van der Waals surface area contributed by atoms with Crippen LogP contribution in [0.25, 0.3) is 0 Å². The molecule has 9 nitrogen and oxygen atoms in total. The third kappa shape index (κ3) is 5.60. The number of aromatic nitrogens is 1. The van der Waals surface area contributed by atoms with Crippen LogP contribution in [-0.2, 0) is 16.0 Å². The molecule has 2 atom stereocenters. The van der Waals surface area contributed by atoms with Crippen LogP contribution >= 0.6 is 0 Å². The van der Waals surface area contributed by atoms with Crippen LogP contribution in [0.5, 0.6) is 5.88 Å². The molecule has 0 aromatic carbocycles. The Morgan fingerprint density at radius 2 is 2.17 bits per heavy atom. The first-order valence-electron chi connectivity index (χ1n) is 10.5. The SMILES string of the molecule is COc1cc(C(C)N(C(=O)C2CNCCO2)C2CC2)cc(CCCN(C)C(=O)O)n1. The molecular formula is C21H32N4O5. The molecule has 3 rings (SSSR count). The number of rotatable bonds is 9. The third-order valence-electron chi connectivity index (χ3n) is 5.64. The molecule has 1 aromatic heterocycles. The highest BCUT2D eigenvalue weighted by molar-refractivity contribution is 5.82. The van der Waals surface area contributed by atoms with Crippen LogP contribution < -0.4 is 10.1 Å². The van der Waals surface area contributed by atoms with Crippen molar-refractivity contribution >= 4 is 12.0 Å². The van der Waals surface area contributed by atoms with Crippen LogP contribution in [0.4, 0.5) is 4.79 Å². The lowest BCUT2D eigenvalue weighted by Gasteiger charge is -2.34. The van der Waals surface area contributed by atoms with Gasteiger partial charge in [-0.05, 0) is 44.2 Å². The van der Waals surface area contributed by atoms with E-state index in [1.54, 1.807) is 14.2 Å². The molecule has 2 amide bonds. The van der Waals surface area contributed by atoms with Gasteiger partial charge in [0.1, 0.15) is 6.10 Å². The van der Waals surface area contributed by atoms with E-state index in [2.05, 4.69) is 10.3 Å². The summed E-state index contributed by atoms with van der Waals surface area (Å²) in [5, 5.41) is 12.2. The summed E-state index contributed by atoms with van der Waals surface area (Å²) in [4.78, 5) is 31.9. The number of nitrogens with one attached hydrogen (secondary N) is 1. The van der Waals surface area contributed by atoms with Crippen molar-refractivity contribution in [3.8, 4) is 5.88 Å². The van der Waals surface area contributed by atoms with E-state index in [9.17, 15) is 9.59 Å². The van der Waals surface area contributed by atoms with E-state index >= 15 is 0 Å². The number of hydrogen-bond acceptors (Lipinski definition) is 6. The Morgan fingerprint density at radius 1 is 1.40 bits per heavy atom. The second kappa shape index (κ2) is 10.1. The molecular weight excluding hydrogens is 388 g/mol. The average Bonchev–Trinajstić information content (AvgIpc) is 3.59. The molecule has 0 radical (unpaired) electrons. The fourth-order valence-electron chi connectivity index (χ4n) is 3.74. The Bertz CT molecular complexity index is 749. The lowest BCUT2D eigenvalue weighted by molar-refractivity contribution is -0.148. The van der Waals surface area contributed by atoms with E-state index < -0.39 is 12.2 Å². The predicted molar refractivity (Wildman–Crippen MR) is 111 cm³/mol. The summed E-state index contributed by atoms with van der Waals surface area (Å²) in [6.45, 7) is 4.31. The van der Waals surface area contributed by atoms with Gasteiger partial charge in [-0.2, -0.15) is 0 Å². The second-order valence-corrected chi connectivity index (χ2v) is 7.96. The number of morpholine rings is 1. The molecule has 2 aliphatic rings. The molecule has 2 heterocycles. The van der Waals surface area contributed by atoms with Gasteiger partial charge in [-0.1, -0.05) is 0 Å². The van der Waals surface area contributed by atoms with Gasteiger partial charge in [0.15, 0.2) is 0 Å². The van der Waals surface area contributed by atoms with Crippen molar-refractivity contribution in [2.75, 3.05) is 40.4 Å². The summed E-state index contributed by atoms with van der Waals surface area (Å²) < 4.78 is 11.1. The maximum Gasteiger partial charge on any atom is 0.407 e. The molecule has 0 bridgehead atoms. The molecule has 2 fully saturated rings. The molecule has 1 aliphatic heterocycles. The summed E-state index contributed by atoms with van der Waals surface area (Å²) >= 11 is 0. The standard InChI is InChI=1S/C21H32N4O5/c1-14(25(17-6-7-17)20(26)18-13-22-8-10-30-18)15-11-16(23-19(12-15)29-3)5-4-9-24(2)21(27)28/h11-12,14,17-18,22H,4-10,13H2,1-3H3,(H,27,28). The van der Waals surface area contributed by atoms with E-state index in [1.807, 2.05) is 24.0 Å². The topological polar surface area (TPSA) is 104 Å². The van der Waals surface area contributed by atoms with Crippen LogP contribution in [0.15, 0.2) is 12.1 Å². The quantitative estimate of drug-likeness (QED) is 0.626. The first-order chi connectivity index (χ1) is 14.4. The number of pyridine rings is 1. The summed E-state index contributed by atoms with van der Waals surface area (Å²) in [6, 6.07) is 3.98. The smallest absolute Gasteiger partial charge is 0.407 e. The Balaban J connectivity index is 1.74. The zero-order chi connectivity index (χ0) is 21.7. The minimum absolute atomic E-state index is 0.0256. The molecule has 9 heteroatoms. The highest BCUT2D eigenvalue weighted by Crippen LogP contribution is 2.36. The van der Waals surface area contributed by atoms with Crippen LogP contribution in [0.3, 0.4) is 0 Å². The summed E-state index contributed by atoms with van der Waals surface area (Å²) in [6.07, 6.45) is 1.91. The monoisotopic (exact) mass is 420 g/mol. The number of hydrogen-bond donors (Lipinski definition) is 2. The van der Waals surface area contributed by atoms with E-state index in [0.29, 0.717) is 38.4 Å². The minimum Gasteiger partial charge on any atom is -0.481 e. The van der Waals surface area contributed by atoms with Crippen LogP contribution in [0.1, 0.15) is 43.5 Å². The Hall–Kier alpha value is -2.39. The number of methoxy groups -OCH3 is 1. The van der Waals surface area contributed by atoms with Gasteiger partial charge in [-0.25, -0.2) is 9.78 Å². The zero-order valence-electron chi connectivity index (χ0n) is 18.0. The minimum atomic E-state index is -0.944. The maximum absolute atomic E-state index is 13.2. The van der Waals surface area contributed by atoms with E-state index in [0.717, 1.165) is 30.6 Å².